The van der Waals surface area contributed by atoms with Gasteiger partial charge in [-0.1, -0.05) is 74.5 Å². The van der Waals surface area contributed by atoms with Gasteiger partial charge < -0.3 is 0 Å². The van der Waals surface area contributed by atoms with Crippen LogP contribution in [0.15, 0.2) is 76.5 Å². The number of hydrogen-bond donors (Lipinski definition) is 0. The largest absolute Gasteiger partial charge is 0.262 e. The molecule has 0 aliphatic carbocycles. The number of likely N-dealkylation sites (N-methyl/N-ethyl adjacent to an activating group) is 1. The van der Waals surface area contributed by atoms with Gasteiger partial charge in [-0.2, -0.15) is 0 Å². The molecule has 0 spiro atoms. The molecule has 0 aliphatic heterocycles. The minimum atomic E-state index is -0.384. The van der Waals surface area contributed by atoms with Crippen molar-refractivity contribution in [3.8, 4) is 0 Å². The monoisotopic (exact) mass is 477 g/mol. The number of rotatable bonds is 16. The van der Waals surface area contributed by atoms with Crippen LogP contribution in [0.2, 0.25) is 0 Å². The van der Waals surface area contributed by atoms with Crippen molar-refractivity contribution < 1.29 is 0 Å². The van der Waals surface area contributed by atoms with Crippen molar-refractivity contribution >= 4 is 29.6 Å². The van der Waals surface area contributed by atoms with Gasteiger partial charge in [0.15, 0.2) is 0 Å². The number of nitroso groups, excluding NO2 is 3. The molecule has 9 nitrogen and oxygen atoms in total. The summed E-state index contributed by atoms with van der Waals surface area (Å²) in [6, 6.07) is 18.9. The van der Waals surface area contributed by atoms with Crippen LogP contribution in [-0.4, -0.2) is 83.3 Å². The van der Waals surface area contributed by atoms with Gasteiger partial charge >= 0.3 is 0 Å². The first-order chi connectivity index (χ1) is 16.0. The maximum Gasteiger partial charge on any atom is 0.0736 e. The molecule has 0 saturated carbocycles. The summed E-state index contributed by atoms with van der Waals surface area (Å²) in [5.74, 6) is 0.288. The Morgan fingerprint density at radius 2 is 1.29 bits per heavy atom. The van der Waals surface area contributed by atoms with E-state index in [1.165, 1.54) is 15.0 Å². The van der Waals surface area contributed by atoms with Crippen LogP contribution in [0.5, 0.6) is 0 Å². The third-order valence-electron chi connectivity index (χ3n) is 5.59. The average Bonchev–Trinajstić information content (AvgIpc) is 2.83. The quantitative estimate of drug-likeness (QED) is 0.201. The molecule has 2 atom stereocenters. The van der Waals surface area contributed by atoms with Gasteiger partial charge in [-0.25, -0.2) is 0 Å². The van der Waals surface area contributed by atoms with E-state index in [2.05, 4.69) is 29.7 Å². The Bertz CT molecular complexity index is 843. The predicted molar refractivity (Wildman–Crippen MR) is 137 cm³/mol. The molecular formula is C24H34N6NaO3. The van der Waals surface area contributed by atoms with Crippen LogP contribution < -0.4 is 0 Å². The smallest absolute Gasteiger partial charge is 0.0736 e. The molecule has 1 radical (unpaired) electrons. The van der Waals surface area contributed by atoms with Crippen molar-refractivity contribution in [2.75, 3.05) is 26.7 Å². The molecule has 0 aliphatic rings. The summed E-state index contributed by atoms with van der Waals surface area (Å²) in [4.78, 5) is 34.8. The molecular weight excluding hydrogens is 443 g/mol. The fourth-order valence-corrected chi connectivity index (χ4v) is 3.97. The second-order valence-corrected chi connectivity index (χ2v) is 8.73. The molecule has 0 unspecified atom stereocenters. The van der Waals surface area contributed by atoms with Gasteiger partial charge in [0.05, 0.1) is 41.0 Å². The Hall–Kier alpha value is -2.36. The van der Waals surface area contributed by atoms with Crippen molar-refractivity contribution in [1.82, 2.24) is 15.0 Å². The van der Waals surface area contributed by atoms with Crippen molar-refractivity contribution in [3.63, 3.8) is 0 Å². The molecule has 0 bridgehead atoms. The second kappa shape index (κ2) is 16.3. The van der Waals surface area contributed by atoms with Gasteiger partial charge in [-0.15, -0.1) is 14.7 Å². The van der Waals surface area contributed by atoms with Crippen LogP contribution in [0.4, 0.5) is 0 Å². The van der Waals surface area contributed by atoms with Gasteiger partial charge in [0.2, 0.25) is 0 Å². The third-order valence-corrected chi connectivity index (χ3v) is 5.59. The maximum absolute atomic E-state index is 11.9. The van der Waals surface area contributed by atoms with Crippen LogP contribution in [-0.2, 0) is 12.8 Å². The zero-order chi connectivity index (χ0) is 24.1. The first-order valence-corrected chi connectivity index (χ1v) is 11.3. The molecule has 2 aromatic rings. The second-order valence-electron chi connectivity index (χ2n) is 8.73. The van der Waals surface area contributed by atoms with Gasteiger partial charge in [0, 0.05) is 43.1 Å². The van der Waals surface area contributed by atoms with E-state index in [9.17, 15) is 14.7 Å². The normalized spacial score (nSPS) is 12.2. The van der Waals surface area contributed by atoms with Crippen LogP contribution in [0.25, 0.3) is 0 Å². The fourth-order valence-electron chi connectivity index (χ4n) is 3.97. The number of hydrogen-bond acceptors (Lipinski definition) is 6. The first-order valence-electron chi connectivity index (χ1n) is 11.3. The van der Waals surface area contributed by atoms with Gasteiger partial charge in [0.25, 0.3) is 0 Å². The molecule has 10 heteroatoms. The summed E-state index contributed by atoms with van der Waals surface area (Å²) < 4.78 is 0. The van der Waals surface area contributed by atoms with Crippen molar-refractivity contribution in [2.24, 2.45) is 21.8 Å². The Balaban J connectivity index is 0.00000578. The van der Waals surface area contributed by atoms with Crippen molar-refractivity contribution in [1.29, 1.82) is 0 Å². The topological polar surface area (TPSA) is 98.0 Å². The van der Waals surface area contributed by atoms with Gasteiger partial charge in [0.1, 0.15) is 0 Å². The predicted octanol–water partition coefficient (Wildman–Crippen LogP) is 4.45. The van der Waals surface area contributed by atoms with Crippen LogP contribution in [0, 0.1) is 20.6 Å². The van der Waals surface area contributed by atoms with Crippen LogP contribution >= 0.6 is 0 Å². The van der Waals surface area contributed by atoms with Crippen molar-refractivity contribution in [3.05, 3.63) is 86.5 Å². The molecule has 0 aromatic heterocycles. The van der Waals surface area contributed by atoms with E-state index in [0.29, 0.717) is 25.8 Å². The van der Waals surface area contributed by atoms with E-state index < -0.39 is 0 Å². The van der Waals surface area contributed by atoms with E-state index in [1.54, 1.807) is 7.05 Å². The van der Waals surface area contributed by atoms with E-state index in [4.69, 9.17) is 0 Å². The maximum atomic E-state index is 11.9. The van der Waals surface area contributed by atoms with Crippen molar-refractivity contribution in [2.45, 2.75) is 45.2 Å². The zero-order valence-electron chi connectivity index (χ0n) is 20.7. The number of benzene rings is 2. The molecule has 0 amide bonds. The third kappa shape index (κ3) is 10.3. The summed E-state index contributed by atoms with van der Waals surface area (Å²) in [6.07, 6.45) is 1.85. The minimum absolute atomic E-state index is 0. The molecule has 0 saturated heterocycles. The Labute approximate surface area is 224 Å². The Morgan fingerprint density at radius 3 is 1.79 bits per heavy atom. The van der Waals surface area contributed by atoms with Crippen LogP contribution in [0.1, 0.15) is 31.4 Å². The minimum Gasteiger partial charge on any atom is -0.262 e. The Kier molecular flexibility index (Phi) is 14.2. The summed E-state index contributed by atoms with van der Waals surface area (Å²) in [7, 11) is 1.57. The van der Waals surface area contributed by atoms with Crippen LogP contribution in [0.3, 0.4) is 0 Å². The van der Waals surface area contributed by atoms with Gasteiger partial charge in [-0.3, -0.25) is 15.0 Å². The molecule has 179 valence electrons. The zero-order valence-corrected chi connectivity index (χ0v) is 22.7. The summed E-state index contributed by atoms with van der Waals surface area (Å²) in [6.45, 7) is 5.04. The van der Waals surface area contributed by atoms with E-state index in [1.807, 2.05) is 60.7 Å². The van der Waals surface area contributed by atoms with E-state index in [-0.39, 0.29) is 60.6 Å². The van der Waals surface area contributed by atoms with E-state index in [0.717, 1.165) is 11.1 Å². The molecule has 0 fully saturated rings. The first kappa shape index (κ1) is 29.7. The van der Waals surface area contributed by atoms with E-state index >= 15 is 0 Å². The molecule has 34 heavy (non-hydrogen) atoms. The summed E-state index contributed by atoms with van der Waals surface area (Å²) >= 11 is 0. The van der Waals surface area contributed by atoms with Gasteiger partial charge in [-0.05, 0) is 36.3 Å². The summed E-state index contributed by atoms with van der Waals surface area (Å²) in [5.41, 5.74) is 2.13. The molecule has 2 rings (SSSR count). The SMILES string of the molecule is CC(C)C[C@@H](CN(N=O)[C@@H](Cc1ccccc1)CN(C)N=O)N(CCc1ccccc1)N=O.[Na]. The summed E-state index contributed by atoms with van der Waals surface area (Å²) in [5, 5.41) is 13.8. The number of nitrogens with zero attached hydrogens (tertiary/aromatic N) is 6. The molecule has 0 heterocycles. The standard InChI is InChI=1S/C24H34N6O3.Na/c1-20(2)16-23(29(26-32)15-14-21-10-6-4-7-11-21)19-30(27-33)24(18-28(3)25-31)17-22-12-8-5-9-13-22;/h4-13,20,23-24H,14-19H2,1-3H3;/t23-,24-;/m0./s1. The Morgan fingerprint density at radius 1 is 0.735 bits per heavy atom. The molecule has 0 N–H and O–H groups in total. The molecule has 2 aromatic carbocycles. The fraction of sp³-hybridized carbons (Fsp3) is 0.500. The average molecular weight is 478 g/mol.